The van der Waals surface area contributed by atoms with E-state index >= 15 is 0 Å². The topological polar surface area (TPSA) is 90.7 Å². The molecule has 10 heteroatoms. The Balaban J connectivity index is 1.82. The van der Waals surface area contributed by atoms with Gasteiger partial charge in [0.1, 0.15) is 10.9 Å². The molecular weight excluding hydrogens is 436 g/mol. The lowest BCUT2D eigenvalue weighted by atomic mass is 10.1. The SMILES string of the molecule is CCOc1cc(/C=C2\SC(=S)NC2=O)cc(Cl)c1OCc1ccc([N+](=O)[O-])cc1. The summed E-state index contributed by atoms with van der Waals surface area (Å²) in [6.07, 6.45) is 1.67. The molecular formula is C19H15ClN2O5S2. The second-order valence-electron chi connectivity index (χ2n) is 5.83. The van der Waals surface area contributed by atoms with E-state index in [-0.39, 0.29) is 18.2 Å². The van der Waals surface area contributed by atoms with Crippen molar-refractivity contribution in [2.75, 3.05) is 6.61 Å². The van der Waals surface area contributed by atoms with Gasteiger partial charge in [0, 0.05) is 12.1 Å². The lowest BCUT2D eigenvalue weighted by Gasteiger charge is -2.14. The molecule has 0 atom stereocenters. The summed E-state index contributed by atoms with van der Waals surface area (Å²) < 4.78 is 11.9. The summed E-state index contributed by atoms with van der Waals surface area (Å²) in [5.74, 6) is 0.528. The number of thioether (sulfide) groups is 1. The monoisotopic (exact) mass is 450 g/mol. The Bertz CT molecular complexity index is 1010. The zero-order valence-electron chi connectivity index (χ0n) is 15.1. The molecule has 1 saturated heterocycles. The van der Waals surface area contributed by atoms with E-state index in [2.05, 4.69) is 5.32 Å². The van der Waals surface area contributed by atoms with Gasteiger partial charge < -0.3 is 14.8 Å². The quantitative estimate of drug-likeness (QED) is 0.282. The van der Waals surface area contributed by atoms with Gasteiger partial charge >= 0.3 is 0 Å². The fourth-order valence-corrected chi connectivity index (χ4v) is 3.83. The Morgan fingerprint density at radius 3 is 2.59 bits per heavy atom. The highest BCUT2D eigenvalue weighted by molar-refractivity contribution is 8.26. The third kappa shape index (κ3) is 5.26. The van der Waals surface area contributed by atoms with Gasteiger partial charge in [0.25, 0.3) is 11.6 Å². The third-order valence-electron chi connectivity index (χ3n) is 3.80. The van der Waals surface area contributed by atoms with Gasteiger partial charge in [0.2, 0.25) is 0 Å². The Morgan fingerprint density at radius 1 is 1.28 bits per heavy atom. The van der Waals surface area contributed by atoms with Crippen LogP contribution in [0.15, 0.2) is 41.3 Å². The van der Waals surface area contributed by atoms with Crippen LogP contribution in [0, 0.1) is 10.1 Å². The number of nitrogens with one attached hydrogen (secondary N) is 1. The number of ether oxygens (including phenoxy) is 2. The predicted molar refractivity (Wildman–Crippen MR) is 116 cm³/mol. The van der Waals surface area contributed by atoms with Gasteiger partial charge in [-0.15, -0.1) is 0 Å². The van der Waals surface area contributed by atoms with Gasteiger partial charge in [-0.1, -0.05) is 35.6 Å². The number of benzene rings is 2. The molecule has 29 heavy (non-hydrogen) atoms. The molecule has 1 amide bonds. The fraction of sp³-hybridized carbons (Fsp3) is 0.158. The van der Waals surface area contributed by atoms with Crippen molar-refractivity contribution in [3.05, 3.63) is 67.6 Å². The van der Waals surface area contributed by atoms with Crippen LogP contribution in [-0.2, 0) is 11.4 Å². The number of nitro groups is 1. The smallest absolute Gasteiger partial charge is 0.269 e. The number of amides is 1. The summed E-state index contributed by atoms with van der Waals surface area (Å²) in [6.45, 7) is 2.38. The number of nitro benzene ring substituents is 1. The normalized spacial score (nSPS) is 14.8. The van der Waals surface area contributed by atoms with Crippen LogP contribution in [0.25, 0.3) is 6.08 Å². The van der Waals surface area contributed by atoms with Crippen molar-refractivity contribution in [1.82, 2.24) is 5.32 Å². The van der Waals surface area contributed by atoms with Crippen molar-refractivity contribution in [3.8, 4) is 11.5 Å². The molecule has 2 aromatic carbocycles. The van der Waals surface area contributed by atoms with Gasteiger partial charge in [-0.05, 0) is 48.4 Å². The number of thiocarbonyl (C=S) groups is 1. The molecule has 1 aliphatic rings. The van der Waals surface area contributed by atoms with Crippen molar-refractivity contribution >= 4 is 57.6 Å². The molecule has 0 spiro atoms. The lowest BCUT2D eigenvalue weighted by Crippen LogP contribution is -2.17. The highest BCUT2D eigenvalue weighted by Gasteiger charge is 2.22. The number of rotatable bonds is 7. The Labute approximate surface area is 181 Å². The van der Waals surface area contributed by atoms with E-state index in [1.807, 2.05) is 6.92 Å². The number of carbonyl (C=O) groups is 1. The van der Waals surface area contributed by atoms with Crippen molar-refractivity contribution < 1.29 is 19.2 Å². The first-order chi connectivity index (χ1) is 13.9. The Hall–Kier alpha value is -2.62. The van der Waals surface area contributed by atoms with Gasteiger partial charge in [-0.3, -0.25) is 14.9 Å². The molecule has 0 unspecified atom stereocenters. The van der Waals surface area contributed by atoms with Crippen LogP contribution in [0.2, 0.25) is 5.02 Å². The second kappa shape index (κ2) is 9.25. The molecule has 0 aromatic heterocycles. The molecule has 0 radical (unpaired) electrons. The van der Waals surface area contributed by atoms with E-state index in [1.165, 1.54) is 23.9 Å². The van der Waals surface area contributed by atoms with Crippen molar-refractivity contribution in [2.45, 2.75) is 13.5 Å². The molecule has 1 N–H and O–H groups in total. The first-order valence-corrected chi connectivity index (χ1v) is 10.0. The van der Waals surface area contributed by atoms with E-state index in [0.717, 1.165) is 5.56 Å². The average Bonchev–Trinajstić information content (AvgIpc) is 2.98. The first-order valence-electron chi connectivity index (χ1n) is 8.44. The number of hydrogen-bond donors (Lipinski definition) is 1. The summed E-state index contributed by atoms with van der Waals surface area (Å²) in [7, 11) is 0. The number of non-ortho nitro benzene ring substituents is 1. The van der Waals surface area contributed by atoms with E-state index < -0.39 is 4.92 Å². The molecule has 1 fully saturated rings. The minimum atomic E-state index is -0.461. The minimum absolute atomic E-state index is 0.00692. The summed E-state index contributed by atoms with van der Waals surface area (Å²) in [6, 6.07) is 9.44. The van der Waals surface area contributed by atoms with E-state index in [4.69, 9.17) is 33.3 Å². The molecule has 3 rings (SSSR count). The maximum atomic E-state index is 11.9. The van der Waals surface area contributed by atoms with Crippen LogP contribution in [0.3, 0.4) is 0 Å². The van der Waals surface area contributed by atoms with Crippen molar-refractivity contribution in [2.24, 2.45) is 0 Å². The van der Waals surface area contributed by atoms with Gasteiger partial charge in [-0.25, -0.2) is 0 Å². The highest BCUT2D eigenvalue weighted by atomic mass is 35.5. The van der Waals surface area contributed by atoms with Crippen LogP contribution in [0.4, 0.5) is 5.69 Å². The van der Waals surface area contributed by atoms with Crippen LogP contribution >= 0.6 is 35.6 Å². The lowest BCUT2D eigenvalue weighted by molar-refractivity contribution is -0.384. The zero-order chi connectivity index (χ0) is 21.0. The largest absolute Gasteiger partial charge is 0.490 e. The summed E-state index contributed by atoms with van der Waals surface area (Å²) in [5.41, 5.74) is 1.42. The molecule has 1 aliphatic heterocycles. The van der Waals surface area contributed by atoms with Gasteiger partial charge in [-0.2, -0.15) is 0 Å². The number of halogens is 1. The van der Waals surface area contributed by atoms with Crippen LogP contribution in [-0.4, -0.2) is 21.8 Å². The van der Waals surface area contributed by atoms with Crippen LogP contribution in [0.5, 0.6) is 11.5 Å². The molecule has 0 bridgehead atoms. The van der Waals surface area contributed by atoms with Crippen LogP contribution in [0.1, 0.15) is 18.1 Å². The molecule has 0 saturated carbocycles. The summed E-state index contributed by atoms with van der Waals surface area (Å²) in [5, 5.41) is 13.6. The number of carbonyl (C=O) groups excluding carboxylic acids is 1. The third-order valence-corrected chi connectivity index (χ3v) is 5.25. The minimum Gasteiger partial charge on any atom is -0.490 e. The molecule has 7 nitrogen and oxygen atoms in total. The average molecular weight is 451 g/mol. The first kappa shape index (κ1) is 21.1. The fourth-order valence-electron chi connectivity index (χ4n) is 2.52. The standard InChI is InChI=1S/C19H15ClN2O5S2/c1-2-26-15-8-12(9-16-18(23)21-19(28)29-16)7-14(20)17(15)27-10-11-3-5-13(6-4-11)22(24)25/h3-9H,2,10H2,1H3,(H,21,23,28)/b16-9-. The van der Waals surface area contributed by atoms with E-state index in [0.29, 0.717) is 37.9 Å². The molecule has 150 valence electrons. The van der Waals surface area contributed by atoms with Crippen molar-refractivity contribution in [1.29, 1.82) is 0 Å². The predicted octanol–water partition coefficient (Wildman–Crippen LogP) is 4.71. The summed E-state index contributed by atoms with van der Waals surface area (Å²) >= 11 is 12.6. The number of hydrogen-bond acceptors (Lipinski definition) is 7. The maximum absolute atomic E-state index is 11.9. The summed E-state index contributed by atoms with van der Waals surface area (Å²) in [4.78, 5) is 22.6. The molecule has 0 aliphatic carbocycles. The van der Waals surface area contributed by atoms with E-state index in [9.17, 15) is 14.9 Å². The Morgan fingerprint density at radius 2 is 2.00 bits per heavy atom. The molecule has 1 heterocycles. The second-order valence-corrected chi connectivity index (χ2v) is 7.95. The molecule has 2 aromatic rings. The van der Waals surface area contributed by atoms with Crippen LogP contribution < -0.4 is 14.8 Å². The Kier molecular flexibility index (Phi) is 6.73. The van der Waals surface area contributed by atoms with E-state index in [1.54, 1.807) is 30.3 Å². The maximum Gasteiger partial charge on any atom is 0.269 e. The highest BCUT2D eigenvalue weighted by Crippen LogP contribution is 2.38. The van der Waals surface area contributed by atoms with Crippen molar-refractivity contribution in [3.63, 3.8) is 0 Å². The van der Waals surface area contributed by atoms with Gasteiger partial charge in [0.15, 0.2) is 11.5 Å². The van der Waals surface area contributed by atoms with Gasteiger partial charge in [0.05, 0.1) is 21.5 Å². The number of nitrogens with zero attached hydrogens (tertiary/aromatic N) is 1. The zero-order valence-corrected chi connectivity index (χ0v) is 17.5.